The molecule has 1 aromatic rings. The van der Waals surface area contributed by atoms with E-state index in [0.717, 1.165) is 6.61 Å². The van der Waals surface area contributed by atoms with E-state index in [2.05, 4.69) is 56.6 Å². The number of hydrogen-bond acceptors (Lipinski definition) is 3. The average molecular weight is 291 g/mol. The second-order valence-electron chi connectivity index (χ2n) is 6.70. The van der Waals surface area contributed by atoms with Crippen LogP contribution in [0.15, 0.2) is 29.2 Å². The van der Waals surface area contributed by atoms with Gasteiger partial charge in [-0.2, -0.15) is 0 Å². The van der Waals surface area contributed by atoms with Crippen LogP contribution >= 0.6 is 11.8 Å². The fourth-order valence-electron chi connectivity index (χ4n) is 3.92. The molecule has 3 rings (SSSR count). The minimum Gasteiger partial charge on any atom is -0.377 e. The van der Waals surface area contributed by atoms with Crippen LogP contribution in [0.5, 0.6) is 0 Å². The van der Waals surface area contributed by atoms with Gasteiger partial charge in [0.15, 0.2) is 0 Å². The fraction of sp³-hybridized carbons (Fsp3) is 0.647. The SMILES string of the molecule is CSc1ccc(C(C)NC2C3CCOC3C2(C)C)cc1. The van der Waals surface area contributed by atoms with Crippen LogP contribution in [0, 0.1) is 11.3 Å². The maximum Gasteiger partial charge on any atom is 0.0685 e. The molecule has 4 unspecified atom stereocenters. The molecule has 1 N–H and O–H groups in total. The molecule has 0 radical (unpaired) electrons. The van der Waals surface area contributed by atoms with Gasteiger partial charge in [-0.15, -0.1) is 11.8 Å². The van der Waals surface area contributed by atoms with Crippen molar-refractivity contribution in [2.45, 2.75) is 50.3 Å². The molecule has 1 heterocycles. The van der Waals surface area contributed by atoms with E-state index >= 15 is 0 Å². The highest BCUT2D eigenvalue weighted by atomic mass is 32.2. The van der Waals surface area contributed by atoms with Crippen molar-refractivity contribution in [3.8, 4) is 0 Å². The molecule has 2 fully saturated rings. The monoisotopic (exact) mass is 291 g/mol. The summed E-state index contributed by atoms with van der Waals surface area (Å²) >= 11 is 1.79. The minimum absolute atomic E-state index is 0.259. The molecule has 20 heavy (non-hydrogen) atoms. The molecule has 0 bridgehead atoms. The molecule has 4 atom stereocenters. The lowest BCUT2D eigenvalue weighted by Crippen LogP contribution is -2.66. The van der Waals surface area contributed by atoms with Gasteiger partial charge in [0, 0.05) is 34.9 Å². The van der Waals surface area contributed by atoms with Crippen molar-refractivity contribution in [1.29, 1.82) is 0 Å². The zero-order valence-corrected chi connectivity index (χ0v) is 13.7. The number of benzene rings is 1. The van der Waals surface area contributed by atoms with Crippen LogP contribution in [0.3, 0.4) is 0 Å². The molecule has 1 saturated heterocycles. The summed E-state index contributed by atoms with van der Waals surface area (Å²) in [6.45, 7) is 7.88. The second-order valence-corrected chi connectivity index (χ2v) is 7.58. The molecule has 0 aromatic heterocycles. The normalized spacial score (nSPS) is 32.5. The van der Waals surface area contributed by atoms with Crippen LogP contribution in [0.2, 0.25) is 0 Å². The predicted octanol–water partition coefficient (Wildman–Crippen LogP) is 3.87. The Kier molecular flexibility index (Phi) is 3.87. The Morgan fingerprint density at radius 3 is 2.65 bits per heavy atom. The summed E-state index contributed by atoms with van der Waals surface area (Å²) in [5.74, 6) is 0.706. The summed E-state index contributed by atoms with van der Waals surface area (Å²) < 4.78 is 5.87. The first-order valence-electron chi connectivity index (χ1n) is 7.55. The van der Waals surface area contributed by atoms with Gasteiger partial charge < -0.3 is 10.1 Å². The summed E-state index contributed by atoms with van der Waals surface area (Å²) in [6.07, 6.45) is 3.80. The van der Waals surface area contributed by atoms with Crippen molar-refractivity contribution in [2.24, 2.45) is 11.3 Å². The van der Waals surface area contributed by atoms with Gasteiger partial charge in [0.25, 0.3) is 0 Å². The summed E-state index contributed by atoms with van der Waals surface area (Å²) in [5, 5.41) is 3.84. The van der Waals surface area contributed by atoms with E-state index < -0.39 is 0 Å². The first-order valence-corrected chi connectivity index (χ1v) is 8.78. The molecule has 0 amide bonds. The predicted molar refractivity (Wildman–Crippen MR) is 85.2 cm³/mol. The Morgan fingerprint density at radius 1 is 1.30 bits per heavy atom. The molecule has 0 spiro atoms. The van der Waals surface area contributed by atoms with Crippen molar-refractivity contribution in [2.75, 3.05) is 12.9 Å². The van der Waals surface area contributed by atoms with Gasteiger partial charge in [-0.05, 0) is 37.3 Å². The third kappa shape index (κ3) is 2.30. The Balaban J connectivity index is 1.67. The summed E-state index contributed by atoms with van der Waals surface area (Å²) in [6, 6.07) is 9.90. The molecule has 1 aliphatic heterocycles. The smallest absolute Gasteiger partial charge is 0.0685 e. The lowest BCUT2D eigenvalue weighted by molar-refractivity contribution is -0.115. The standard InChI is InChI=1S/C17H25NOS/c1-11(12-5-7-13(20-4)8-6-12)18-15-14-9-10-19-16(14)17(15,2)3/h5-8,11,14-16,18H,9-10H2,1-4H3. The summed E-state index contributed by atoms with van der Waals surface area (Å²) in [4.78, 5) is 1.33. The zero-order valence-electron chi connectivity index (χ0n) is 12.8. The summed E-state index contributed by atoms with van der Waals surface area (Å²) in [5.41, 5.74) is 1.63. The lowest BCUT2D eigenvalue weighted by Gasteiger charge is -2.55. The Hall–Kier alpha value is -0.510. The minimum atomic E-state index is 0.259. The van der Waals surface area contributed by atoms with Gasteiger partial charge in [-0.3, -0.25) is 0 Å². The molecular formula is C17H25NOS. The van der Waals surface area contributed by atoms with Crippen LogP contribution in [0.25, 0.3) is 0 Å². The molecular weight excluding hydrogens is 266 g/mol. The van der Waals surface area contributed by atoms with E-state index in [4.69, 9.17) is 4.74 Å². The molecule has 1 aliphatic carbocycles. The van der Waals surface area contributed by atoms with Crippen LogP contribution < -0.4 is 5.32 Å². The van der Waals surface area contributed by atoms with E-state index in [0.29, 0.717) is 24.1 Å². The first kappa shape index (κ1) is 14.4. The largest absolute Gasteiger partial charge is 0.377 e. The Labute approximate surface area is 126 Å². The zero-order chi connectivity index (χ0) is 14.3. The van der Waals surface area contributed by atoms with Crippen molar-refractivity contribution in [3.63, 3.8) is 0 Å². The van der Waals surface area contributed by atoms with Crippen LogP contribution in [0.1, 0.15) is 38.8 Å². The quantitative estimate of drug-likeness (QED) is 0.851. The second kappa shape index (κ2) is 5.36. The highest BCUT2D eigenvalue weighted by Crippen LogP contribution is 2.52. The number of ether oxygens (including phenoxy) is 1. The van der Waals surface area contributed by atoms with Crippen LogP contribution in [0.4, 0.5) is 0 Å². The van der Waals surface area contributed by atoms with Crippen LogP contribution in [-0.4, -0.2) is 25.0 Å². The van der Waals surface area contributed by atoms with Crippen molar-refractivity contribution >= 4 is 11.8 Å². The van der Waals surface area contributed by atoms with Gasteiger partial charge in [-0.1, -0.05) is 26.0 Å². The molecule has 1 aromatic carbocycles. The Morgan fingerprint density at radius 2 is 2.00 bits per heavy atom. The van der Waals surface area contributed by atoms with Gasteiger partial charge in [0.05, 0.1) is 6.10 Å². The third-order valence-electron chi connectivity index (χ3n) is 5.15. The van der Waals surface area contributed by atoms with E-state index in [1.807, 2.05) is 0 Å². The number of rotatable bonds is 4. The number of fused-ring (bicyclic) bond motifs is 1. The van der Waals surface area contributed by atoms with Gasteiger partial charge in [0.2, 0.25) is 0 Å². The number of nitrogens with one attached hydrogen (secondary N) is 1. The summed E-state index contributed by atoms with van der Waals surface area (Å²) in [7, 11) is 0. The third-order valence-corrected chi connectivity index (χ3v) is 5.89. The van der Waals surface area contributed by atoms with E-state index in [1.165, 1.54) is 16.9 Å². The molecule has 2 aliphatic rings. The van der Waals surface area contributed by atoms with E-state index in [-0.39, 0.29) is 5.41 Å². The van der Waals surface area contributed by atoms with Gasteiger partial charge in [-0.25, -0.2) is 0 Å². The van der Waals surface area contributed by atoms with Gasteiger partial charge in [0.1, 0.15) is 0 Å². The fourth-order valence-corrected chi connectivity index (χ4v) is 4.33. The maximum atomic E-state index is 5.87. The number of thioether (sulfide) groups is 1. The first-order chi connectivity index (χ1) is 9.54. The molecule has 110 valence electrons. The Bertz CT molecular complexity index is 470. The average Bonchev–Trinajstić information content (AvgIpc) is 2.91. The van der Waals surface area contributed by atoms with Crippen molar-refractivity contribution in [3.05, 3.63) is 29.8 Å². The van der Waals surface area contributed by atoms with Crippen molar-refractivity contribution < 1.29 is 4.74 Å². The molecule has 1 saturated carbocycles. The molecule has 3 heteroatoms. The topological polar surface area (TPSA) is 21.3 Å². The van der Waals surface area contributed by atoms with E-state index in [9.17, 15) is 0 Å². The highest BCUT2D eigenvalue weighted by Gasteiger charge is 2.59. The highest BCUT2D eigenvalue weighted by molar-refractivity contribution is 7.98. The van der Waals surface area contributed by atoms with Gasteiger partial charge >= 0.3 is 0 Å². The van der Waals surface area contributed by atoms with Crippen LogP contribution in [-0.2, 0) is 4.74 Å². The lowest BCUT2D eigenvalue weighted by atomic mass is 9.57. The van der Waals surface area contributed by atoms with E-state index in [1.54, 1.807) is 11.8 Å². The number of hydrogen-bond donors (Lipinski definition) is 1. The molecule has 2 nitrogen and oxygen atoms in total. The van der Waals surface area contributed by atoms with Crippen molar-refractivity contribution in [1.82, 2.24) is 5.32 Å². The maximum absolute atomic E-state index is 5.87.